The summed E-state index contributed by atoms with van der Waals surface area (Å²) < 4.78 is 8.11. The molecule has 5 aromatic carbocycles. The summed E-state index contributed by atoms with van der Waals surface area (Å²) in [5, 5.41) is 9.91. The summed E-state index contributed by atoms with van der Waals surface area (Å²) in [7, 11) is 10.7. The number of amides is 1. The Hall–Kier alpha value is -6.32. The first kappa shape index (κ1) is 55.0. The molecular weight excluding hydrogens is 845 g/mol. The number of fused-ring (bicyclic) bond motifs is 6. The quantitative estimate of drug-likeness (QED) is 0.0963. The molecule has 1 amide bonds. The van der Waals surface area contributed by atoms with Gasteiger partial charge in [-0.3, -0.25) is 19.4 Å². The molecule has 3 atom stereocenters. The summed E-state index contributed by atoms with van der Waals surface area (Å²) in [5.41, 5.74) is 7.63. The molecule has 7 aromatic rings. The maximum atomic E-state index is 10.5. The largest absolute Gasteiger partial charge is 0.471 e. The molecule has 4 N–H and O–H groups in total. The molecule has 2 aliphatic rings. The smallest absolute Gasteiger partial charge is 0.292 e. The number of likely N-dealkylation sites (tertiary alicyclic amines) is 2. The number of nitrogens with one attached hydrogen (secondary N) is 4. The van der Waals surface area contributed by atoms with E-state index in [0.717, 1.165) is 58.7 Å². The average molecular weight is 917 g/mol. The van der Waals surface area contributed by atoms with E-state index in [1.165, 1.54) is 71.9 Å². The van der Waals surface area contributed by atoms with Gasteiger partial charge in [0, 0.05) is 25.0 Å². The number of benzene rings is 5. The Balaban J connectivity index is 0.000000338. The zero-order valence-corrected chi connectivity index (χ0v) is 41.1. The van der Waals surface area contributed by atoms with Gasteiger partial charge in [0.1, 0.15) is 30.3 Å². The SMILES string of the molecule is CC.CCC.CN1CCCC1c1nc2c(ccc3cc(-c4ccc5c(ccc6[nH]c(C7CCCN7C)nc65)c4)ccc32)[nH]1.CNCC=O.COC.COC=O.O=CNC(C=O)c1ccccc1. The predicted octanol–water partition coefficient (Wildman–Crippen LogP) is 9.52. The molecule has 360 valence electrons. The number of aromatic amines is 2. The van der Waals surface area contributed by atoms with Crippen molar-refractivity contribution in [3.05, 3.63) is 108 Å². The molecule has 67 heavy (non-hydrogen) atoms. The van der Waals surface area contributed by atoms with E-state index in [1.54, 1.807) is 33.4 Å². The third-order valence-electron chi connectivity index (χ3n) is 10.9. The normalized spacial score (nSPS) is 15.6. The van der Waals surface area contributed by atoms with Gasteiger partial charge in [0.25, 0.3) is 6.47 Å². The topological polar surface area (TPSA) is 175 Å². The van der Waals surface area contributed by atoms with E-state index in [1.807, 2.05) is 32.0 Å². The molecule has 9 rings (SSSR count). The minimum atomic E-state index is -0.524. The summed E-state index contributed by atoms with van der Waals surface area (Å²) in [4.78, 5) is 61.0. The molecule has 0 radical (unpaired) electrons. The van der Waals surface area contributed by atoms with Crippen LogP contribution < -0.4 is 10.6 Å². The summed E-state index contributed by atoms with van der Waals surface area (Å²) in [5.74, 6) is 2.19. The van der Waals surface area contributed by atoms with E-state index in [4.69, 9.17) is 14.8 Å². The average Bonchev–Trinajstić information content (AvgIpc) is 4.19. The molecular formula is C53H72N8O6. The first-order valence-electron chi connectivity index (χ1n) is 23.1. The second-order valence-electron chi connectivity index (χ2n) is 15.8. The molecule has 2 saturated heterocycles. The first-order chi connectivity index (χ1) is 32.7. The van der Waals surface area contributed by atoms with Crippen LogP contribution in [0, 0.1) is 0 Å². The number of carbonyl (C=O) groups excluding carboxylic acids is 4. The van der Waals surface area contributed by atoms with Gasteiger partial charge in [-0.05, 0) is 112 Å². The number of hydrogen-bond donors (Lipinski definition) is 4. The summed E-state index contributed by atoms with van der Waals surface area (Å²) in [6, 6.07) is 31.7. The van der Waals surface area contributed by atoms with Gasteiger partial charge in [-0.15, -0.1) is 0 Å². The molecule has 0 aliphatic carbocycles. The lowest BCUT2D eigenvalue weighted by atomic mass is 9.98. The van der Waals surface area contributed by atoms with Crippen LogP contribution in [0.4, 0.5) is 0 Å². The zero-order chi connectivity index (χ0) is 49.1. The van der Waals surface area contributed by atoms with Crippen LogP contribution in [0.15, 0.2) is 91.0 Å². The van der Waals surface area contributed by atoms with Gasteiger partial charge in [-0.25, -0.2) is 9.97 Å². The standard InChI is InChI=1S/C32H32N6.C9H9NO2.C3H7NO.C3H8.C2H4O2.C2H6O.C2H6/c1-37-15-3-5-27(37)31-33-25-13-9-21-17-19(7-11-23(21)29(25)35-31)20-8-12-24-22(18-20)10-14-26-30(24)36-32(34-26)28-6-4-16-38(28)2;11-6-9(10-7-12)8-4-2-1-3-5-8;1-4-2-3-5;1-3-2;1-4-2-3;1-3-2;1-2/h7-14,17-18,27-28H,3-6,15-16H2,1-2H3,(H,33,35)(H,34,36);1-7,9H,(H,10,12);3-4H,2H2,1H3;3H2,1-2H3;2H,1H3;1-2H3;1-2H3. The highest BCUT2D eigenvalue weighted by Crippen LogP contribution is 2.36. The molecule has 0 spiro atoms. The number of aromatic nitrogens is 4. The van der Waals surface area contributed by atoms with Crippen LogP contribution in [0.3, 0.4) is 0 Å². The highest BCUT2D eigenvalue weighted by molar-refractivity contribution is 6.07. The molecule has 4 heterocycles. The number of ether oxygens (including phenoxy) is 2. The summed E-state index contributed by atoms with van der Waals surface area (Å²) in [6.45, 7) is 11.4. The molecule has 0 bridgehead atoms. The van der Waals surface area contributed by atoms with Crippen LogP contribution in [-0.4, -0.2) is 117 Å². The molecule has 14 nitrogen and oxygen atoms in total. The Bertz CT molecular complexity index is 2400. The third kappa shape index (κ3) is 15.4. The lowest BCUT2D eigenvalue weighted by Gasteiger charge is -2.16. The Morgan fingerprint density at radius 3 is 1.49 bits per heavy atom. The monoisotopic (exact) mass is 917 g/mol. The number of methoxy groups -OCH3 is 2. The van der Waals surface area contributed by atoms with Crippen molar-refractivity contribution in [1.29, 1.82) is 0 Å². The molecule has 2 fully saturated rings. The van der Waals surface area contributed by atoms with Gasteiger partial charge in [0.05, 0.1) is 47.8 Å². The van der Waals surface area contributed by atoms with E-state index in [2.05, 4.69) is 128 Å². The van der Waals surface area contributed by atoms with Crippen molar-refractivity contribution in [2.45, 2.75) is 77.9 Å². The number of likely N-dealkylation sites (N-methyl/N-ethyl adjacent to an activating group) is 1. The number of carbonyl (C=O) groups is 4. The van der Waals surface area contributed by atoms with E-state index in [0.29, 0.717) is 37.8 Å². The van der Waals surface area contributed by atoms with Crippen molar-refractivity contribution in [2.75, 3.05) is 62.1 Å². The molecule has 2 aromatic heterocycles. The summed E-state index contributed by atoms with van der Waals surface area (Å²) in [6.07, 6.45) is 8.10. The van der Waals surface area contributed by atoms with Gasteiger partial charge in [-0.1, -0.05) is 101 Å². The second kappa shape index (κ2) is 30.1. The van der Waals surface area contributed by atoms with Gasteiger partial charge in [-0.2, -0.15) is 0 Å². The van der Waals surface area contributed by atoms with Gasteiger partial charge < -0.3 is 39.7 Å². The van der Waals surface area contributed by atoms with Crippen molar-refractivity contribution >= 4 is 69.1 Å². The van der Waals surface area contributed by atoms with Gasteiger partial charge in [0.15, 0.2) is 0 Å². The minimum absolute atomic E-state index is 0.375. The highest BCUT2D eigenvalue weighted by atomic mass is 16.5. The molecule has 3 unspecified atom stereocenters. The number of nitrogens with zero attached hydrogens (tertiary/aromatic N) is 4. The van der Waals surface area contributed by atoms with Crippen LogP contribution >= 0.6 is 0 Å². The van der Waals surface area contributed by atoms with E-state index in [9.17, 15) is 14.4 Å². The zero-order valence-electron chi connectivity index (χ0n) is 41.1. The van der Waals surface area contributed by atoms with Crippen LogP contribution in [0.5, 0.6) is 0 Å². The third-order valence-corrected chi connectivity index (χ3v) is 10.9. The Labute approximate surface area is 396 Å². The van der Waals surface area contributed by atoms with Gasteiger partial charge >= 0.3 is 0 Å². The molecule has 2 aliphatic heterocycles. The van der Waals surface area contributed by atoms with Crippen LogP contribution in [-0.2, 0) is 28.7 Å². The fraction of sp³-hybridized carbons (Fsp3) is 0.396. The summed E-state index contributed by atoms with van der Waals surface area (Å²) >= 11 is 0. The number of H-pyrrole nitrogens is 2. The maximum absolute atomic E-state index is 10.5. The van der Waals surface area contributed by atoms with Crippen LogP contribution in [0.2, 0.25) is 0 Å². The van der Waals surface area contributed by atoms with Crippen molar-refractivity contribution in [3.63, 3.8) is 0 Å². The number of aldehydes is 2. The first-order valence-corrected chi connectivity index (χ1v) is 23.1. The number of rotatable bonds is 10. The molecule has 14 heteroatoms. The fourth-order valence-corrected chi connectivity index (χ4v) is 7.86. The Kier molecular flexibility index (Phi) is 24.7. The van der Waals surface area contributed by atoms with E-state index in [-0.39, 0.29) is 0 Å². The molecule has 0 saturated carbocycles. The predicted molar refractivity (Wildman–Crippen MR) is 273 cm³/mol. The van der Waals surface area contributed by atoms with Crippen molar-refractivity contribution in [3.8, 4) is 11.1 Å². The van der Waals surface area contributed by atoms with E-state index < -0.39 is 6.04 Å². The van der Waals surface area contributed by atoms with Crippen molar-refractivity contribution in [2.24, 2.45) is 0 Å². The van der Waals surface area contributed by atoms with Crippen molar-refractivity contribution in [1.82, 2.24) is 40.4 Å². The highest BCUT2D eigenvalue weighted by Gasteiger charge is 2.27. The van der Waals surface area contributed by atoms with Gasteiger partial charge in [0.2, 0.25) is 6.41 Å². The van der Waals surface area contributed by atoms with Crippen LogP contribution in [0.25, 0.3) is 54.7 Å². The lowest BCUT2D eigenvalue weighted by Crippen LogP contribution is -2.20. The second-order valence-corrected chi connectivity index (χ2v) is 15.8. The maximum Gasteiger partial charge on any atom is 0.292 e. The Morgan fingerprint density at radius 2 is 1.16 bits per heavy atom. The minimum Gasteiger partial charge on any atom is -0.471 e. The number of hydrogen-bond acceptors (Lipinski definition) is 11. The van der Waals surface area contributed by atoms with Crippen molar-refractivity contribution < 1.29 is 28.7 Å². The lowest BCUT2D eigenvalue weighted by molar-refractivity contribution is -0.126. The fourth-order valence-electron chi connectivity index (χ4n) is 7.86. The van der Waals surface area contributed by atoms with Crippen LogP contribution in [0.1, 0.15) is 95.1 Å². The number of imidazole rings is 2. The Morgan fingerprint density at radius 1 is 0.716 bits per heavy atom. The van der Waals surface area contributed by atoms with E-state index >= 15 is 0 Å².